The average molecular weight is 324 g/mol. The van der Waals surface area contributed by atoms with Crippen molar-refractivity contribution in [2.75, 3.05) is 31.1 Å². The van der Waals surface area contributed by atoms with Crippen molar-refractivity contribution in [1.29, 1.82) is 5.26 Å². The number of anilines is 1. The minimum atomic E-state index is 0.0468. The predicted octanol–water partition coefficient (Wildman–Crippen LogP) is 1.27. The highest BCUT2D eigenvalue weighted by Crippen LogP contribution is 2.18. The van der Waals surface area contributed by atoms with E-state index in [-0.39, 0.29) is 5.91 Å². The van der Waals surface area contributed by atoms with E-state index in [4.69, 9.17) is 5.26 Å². The van der Waals surface area contributed by atoms with Gasteiger partial charge in [-0.15, -0.1) is 0 Å². The Morgan fingerprint density at radius 1 is 1.21 bits per heavy atom. The molecular formula is C17H20N6O. The monoisotopic (exact) mass is 324 g/mol. The molecule has 3 rings (SSSR count). The number of carbonyl (C=O) groups is 1. The topological polar surface area (TPSA) is 78.0 Å². The number of hydrogen-bond acceptors (Lipinski definition) is 5. The molecule has 0 radical (unpaired) electrons. The predicted molar refractivity (Wildman–Crippen MR) is 89.8 cm³/mol. The van der Waals surface area contributed by atoms with Crippen LogP contribution in [0.1, 0.15) is 27.3 Å². The number of rotatable bonds is 2. The molecule has 0 saturated carbocycles. The Hall–Kier alpha value is -2.88. The molecule has 0 unspecified atom stereocenters. The Morgan fingerprint density at radius 3 is 2.42 bits per heavy atom. The highest BCUT2D eigenvalue weighted by atomic mass is 16.2. The number of pyridine rings is 1. The van der Waals surface area contributed by atoms with Gasteiger partial charge in [0.05, 0.1) is 16.8 Å². The fourth-order valence-electron chi connectivity index (χ4n) is 3.02. The molecule has 0 atom stereocenters. The zero-order valence-corrected chi connectivity index (χ0v) is 14.2. The first-order chi connectivity index (χ1) is 11.5. The Balaban J connectivity index is 1.68. The molecule has 24 heavy (non-hydrogen) atoms. The molecule has 124 valence electrons. The number of nitriles is 1. The number of nitrogens with zero attached hydrogens (tertiary/aromatic N) is 6. The maximum absolute atomic E-state index is 12.8. The first-order valence-corrected chi connectivity index (χ1v) is 7.92. The second-order valence-corrected chi connectivity index (χ2v) is 5.97. The van der Waals surface area contributed by atoms with E-state index in [2.05, 4.69) is 21.1 Å². The summed E-state index contributed by atoms with van der Waals surface area (Å²) in [6.07, 6.45) is 1.58. The van der Waals surface area contributed by atoms with Crippen LogP contribution < -0.4 is 4.90 Å². The summed E-state index contributed by atoms with van der Waals surface area (Å²) in [7, 11) is 1.85. The fourth-order valence-corrected chi connectivity index (χ4v) is 3.02. The van der Waals surface area contributed by atoms with Crippen molar-refractivity contribution in [2.45, 2.75) is 13.8 Å². The summed E-state index contributed by atoms with van der Waals surface area (Å²) in [5.74, 6) is 0.889. The van der Waals surface area contributed by atoms with Crippen molar-refractivity contribution in [3.63, 3.8) is 0 Å². The summed E-state index contributed by atoms with van der Waals surface area (Å²) in [6.45, 7) is 6.54. The quantitative estimate of drug-likeness (QED) is 0.831. The maximum atomic E-state index is 12.8. The average Bonchev–Trinajstić information content (AvgIpc) is 2.87. The van der Waals surface area contributed by atoms with Crippen molar-refractivity contribution in [1.82, 2.24) is 19.7 Å². The van der Waals surface area contributed by atoms with Gasteiger partial charge in [0.15, 0.2) is 0 Å². The van der Waals surface area contributed by atoms with Gasteiger partial charge in [0.25, 0.3) is 5.91 Å². The van der Waals surface area contributed by atoms with Crippen LogP contribution in [0.25, 0.3) is 0 Å². The molecule has 0 N–H and O–H groups in total. The van der Waals surface area contributed by atoms with E-state index in [1.165, 1.54) is 0 Å². The first kappa shape index (κ1) is 16.0. The standard InChI is InChI=1S/C17H20N6O/c1-12-16(13(2)21(3)20-12)17(24)23-8-6-22(7-9-23)15-5-4-14(10-18)11-19-15/h4-5,11H,6-9H2,1-3H3. The molecular weight excluding hydrogens is 304 g/mol. The largest absolute Gasteiger partial charge is 0.353 e. The molecule has 1 fully saturated rings. The molecule has 7 heteroatoms. The van der Waals surface area contributed by atoms with Crippen LogP contribution in [0, 0.1) is 25.2 Å². The second-order valence-electron chi connectivity index (χ2n) is 5.97. The van der Waals surface area contributed by atoms with Gasteiger partial charge in [-0.1, -0.05) is 0 Å². The van der Waals surface area contributed by atoms with E-state index in [9.17, 15) is 4.79 Å². The zero-order valence-electron chi connectivity index (χ0n) is 14.2. The van der Waals surface area contributed by atoms with E-state index in [0.717, 1.165) is 30.3 Å². The van der Waals surface area contributed by atoms with Crippen LogP contribution in [-0.2, 0) is 7.05 Å². The van der Waals surface area contributed by atoms with Crippen LogP contribution in [0.15, 0.2) is 18.3 Å². The lowest BCUT2D eigenvalue weighted by Crippen LogP contribution is -2.49. The molecule has 1 saturated heterocycles. The minimum absolute atomic E-state index is 0.0468. The zero-order chi connectivity index (χ0) is 17.3. The van der Waals surface area contributed by atoms with Gasteiger partial charge in [-0.3, -0.25) is 9.48 Å². The van der Waals surface area contributed by atoms with Gasteiger partial charge in [-0.05, 0) is 26.0 Å². The smallest absolute Gasteiger partial charge is 0.257 e. The van der Waals surface area contributed by atoms with Crippen LogP contribution in [-0.4, -0.2) is 51.8 Å². The van der Waals surface area contributed by atoms with Gasteiger partial charge in [-0.25, -0.2) is 4.98 Å². The first-order valence-electron chi connectivity index (χ1n) is 7.92. The summed E-state index contributed by atoms with van der Waals surface area (Å²) in [4.78, 5) is 21.1. The fraction of sp³-hybridized carbons (Fsp3) is 0.412. The van der Waals surface area contributed by atoms with Gasteiger partial charge in [-0.2, -0.15) is 10.4 Å². The molecule has 2 aromatic rings. The van der Waals surface area contributed by atoms with Crippen LogP contribution in [0.4, 0.5) is 5.82 Å². The van der Waals surface area contributed by atoms with Crippen LogP contribution >= 0.6 is 0 Å². The van der Waals surface area contributed by atoms with Gasteiger partial charge >= 0.3 is 0 Å². The van der Waals surface area contributed by atoms with Crippen molar-refractivity contribution in [2.24, 2.45) is 7.05 Å². The molecule has 1 amide bonds. The number of hydrogen-bond donors (Lipinski definition) is 0. The lowest BCUT2D eigenvalue weighted by Gasteiger charge is -2.35. The van der Waals surface area contributed by atoms with Crippen LogP contribution in [0.3, 0.4) is 0 Å². The molecule has 1 aliphatic rings. The number of amides is 1. The third kappa shape index (κ3) is 2.83. The molecule has 7 nitrogen and oxygen atoms in total. The van der Waals surface area contributed by atoms with Crippen molar-refractivity contribution in [3.8, 4) is 6.07 Å². The van der Waals surface area contributed by atoms with Crippen molar-refractivity contribution in [3.05, 3.63) is 40.8 Å². The Labute approximate surface area is 141 Å². The summed E-state index contributed by atoms with van der Waals surface area (Å²) < 4.78 is 1.75. The number of piperazine rings is 1. The highest BCUT2D eigenvalue weighted by molar-refractivity contribution is 5.96. The Kier molecular flexibility index (Phi) is 4.21. The number of aryl methyl sites for hydroxylation is 2. The SMILES string of the molecule is Cc1nn(C)c(C)c1C(=O)N1CCN(c2ccc(C#N)cn2)CC1. The van der Waals surface area contributed by atoms with E-state index in [1.54, 1.807) is 16.9 Å². The summed E-state index contributed by atoms with van der Waals surface area (Å²) in [6, 6.07) is 5.69. The maximum Gasteiger partial charge on any atom is 0.257 e. The third-order valence-electron chi connectivity index (χ3n) is 4.49. The second kappa shape index (κ2) is 6.32. The van der Waals surface area contributed by atoms with E-state index in [1.807, 2.05) is 31.9 Å². The van der Waals surface area contributed by atoms with Gasteiger partial charge in [0.1, 0.15) is 11.9 Å². The molecule has 0 bridgehead atoms. The lowest BCUT2D eigenvalue weighted by molar-refractivity contribution is 0.0745. The summed E-state index contributed by atoms with van der Waals surface area (Å²) in [5.41, 5.74) is 2.93. The third-order valence-corrected chi connectivity index (χ3v) is 4.49. The summed E-state index contributed by atoms with van der Waals surface area (Å²) >= 11 is 0. The molecule has 1 aliphatic heterocycles. The Bertz CT molecular complexity index is 794. The molecule has 0 aliphatic carbocycles. The lowest BCUT2D eigenvalue weighted by atomic mass is 10.1. The normalized spacial score (nSPS) is 14.6. The minimum Gasteiger partial charge on any atom is -0.353 e. The molecule has 0 spiro atoms. The van der Waals surface area contributed by atoms with E-state index < -0.39 is 0 Å². The molecule has 3 heterocycles. The van der Waals surface area contributed by atoms with Crippen LogP contribution in [0.5, 0.6) is 0 Å². The van der Waals surface area contributed by atoms with Gasteiger partial charge in [0, 0.05) is 45.1 Å². The van der Waals surface area contributed by atoms with Crippen molar-refractivity contribution >= 4 is 11.7 Å². The van der Waals surface area contributed by atoms with E-state index >= 15 is 0 Å². The summed E-state index contributed by atoms with van der Waals surface area (Å²) in [5, 5.41) is 13.2. The Morgan fingerprint density at radius 2 is 1.92 bits per heavy atom. The number of carbonyl (C=O) groups excluding carboxylic acids is 1. The number of aromatic nitrogens is 3. The van der Waals surface area contributed by atoms with Crippen molar-refractivity contribution < 1.29 is 4.79 Å². The highest BCUT2D eigenvalue weighted by Gasteiger charge is 2.26. The molecule has 0 aromatic carbocycles. The van der Waals surface area contributed by atoms with Crippen LogP contribution in [0.2, 0.25) is 0 Å². The van der Waals surface area contributed by atoms with E-state index in [0.29, 0.717) is 24.2 Å². The van der Waals surface area contributed by atoms with Gasteiger partial charge < -0.3 is 9.80 Å². The molecule has 2 aromatic heterocycles. The van der Waals surface area contributed by atoms with Gasteiger partial charge in [0.2, 0.25) is 0 Å².